The van der Waals surface area contributed by atoms with Crippen molar-refractivity contribution in [1.82, 2.24) is 5.43 Å². The van der Waals surface area contributed by atoms with Crippen LogP contribution in [0.2, 0.25) is 10.0 Å². The maximum Gasteiger partial charge on any atom is 0.272 e. The fraction of sp³-hybridized carbons (Fsp3) is 0.130. The molecule has 0 aliphatic carbocycles. The molecule has 0 bridgehead atoms. The Labute approximate surface area is 194 Å². The molecule has 0 heterocycles. The van der Waals surface area contributed by atoms with E-state index in [-0.39, 0.29) is 5.91 Å². The first-order chi connectivity index (χ1) is 14.3. The lowest BCUT2D eigenvalue weighted by molar-refractivity contribution is 0.0954. The molecular weight excluding hydrogens is 487 g/mol. The Morgan fingerprint density at radius 3 is 2.43 bits per heavy atom. The zero-order chi connectivity index (χ0) is 21.7. The summed E-state index contributed by atoms with van der Waals surface area (Å²) < 4.78 is 6.71. The first-order valence-electron chi connectivity index (χ1n) is 9.11. The van der Waals surface area contributed by atoms with Gasteiger partial charge in [-0.3, -0.25) is 4.79 Å². The number of rotatable bonds is 6. The molecule has 0 radical (unpaired) electrons. The van der Waals surface area contributed by atoms with Crippen LogP contribution in [0.15, 0.2) is 64.2 Å². The van der Waals surface area contributed by atoms with Gasteiger partial charge in [0, 0.05) is 4.47 Å². The predicted molar refractivity (Wildman–Crippen MR) is 126 cm³/mol. The quantitative estimate of drug-likeness (QED) is 0.298. The molecule has 1 amide bonds. The standard InChI is InChI=1S/C23H19BrCl2N2O2/c1-14-9-17(12-27-28-23(29)18-5-3-4-6-19(18)24)10-15(2)22(14)30-13-16-7-8-20(25)21(26)11-16/h3-12H,13H2,1-2H3,(H,28,29)/b27-12-. The average molecular weight is 506 g/mol. The van der Waals surface area contributed by atoms with Gasteiger partial charge in [-0.05, 0) is 88.4 Å². The number of hydrogen-bond acceptors (Lipinski definition) is 3. The summed E-state index contributed by atoms with van der Waals surface area (Å²) in [6.45, 7) is 4.32. The summed E-state index contributed by atoms with van der Waals surface area (Å²) >= 11 is 15.4. The molecule has 0 aliphatic heterocycles. The van der Waals surface area contributed by atoms with Crippen LogP contribution in [0.5, 0.6) is 5.75 Å². The van der Waals surface area contributed by atoms with E-state index in [4.69, 9.17) is 27.9 Å². The highest BCUT2D eigenvalue weighted by Gasteiger charge is 2.09. The zero-order valence-electron chi connectivity index (χ0n) is 16.4. The number of nitrogens with one attached hydrogen (secondary N) is 1. The number of nitrogens with zero attached hydrogens (tertiary/aromatic N) is 1. The van der Waals surface area contributed by atoms with Crippen LogP contribution in [-0.4, -0.2) is 12.1 Å². The Morgan fingerprint density at radius 1 is 1.07 bits per heavy atom. The maximum absolute atomic E-state index is 12.2. The van der Waals surface area contributed by atoms with Crippen molar-refractivity contribution in [3.63, 3.8) is 0 Å². The Bertz CT molecular complexity index is 1090. The molecule has 30 heavy (non-hydrogen) atoms. The molecule has 3 rings (SSSR count). The molecule has 3 aromatic carbocycles. The van der Waals surface area contributed by atoms with Crippen molar-refractivity contribution < 1.29 is 9.53 Å². The van der Waals surface area contributed by atoms with E-state index in [9.17, 15) is 4.79 Å². The summed E-state index contributed by atoms with van der Waals surface area (Å²) in [5, 5.41) is 5.09. The molecule has 0 saturated heterocycles. The van der Waals surface area contributed by atoms with Gasteiger partial charge in [-0.2, -0.15) is 5.10 Å². The van der Waals surface area contributed by atoms with Gasteiger partial charge in [-0.15, -0.1) is 0 Å². The second-order valence-electron chi connectivity index (χ2n) is 6.70. The molecule has 7 heteroatoms. The highest BCUT2D eigenvalue weighted by Crippen LogP contribution is 2.27. The monoisotopic (exact) mass is 504 g/mol. The van der Waals surface area contributed by atoms with Gasteiger partial charge in [0.1, 0.15) is 12.4 Å². The van der Waals surface area contributed by atoms with E-state index in [2.05, 4.69) is 26.5 Å². The summed E-state index contributed by atoms with van der Waals surface area (Å²) in [6, 6.07) is 16.5. The van der Waals surface area contributed by atoms with Gasteiger partial charge >= 0.3 is 0 Å². The third kappa shape index (κ3) is 5.63. The lowest BCUT2D eigenvalue weighted by Gasteiger charge is -2.13. The van der Waals surface area contributed by atoms with Crippen molar-refractivity contribution in [2.75, 3.05) is 0 Å². The van der Waals surface area contributed by atoms with Crippen molar-refractivity contribution in [2.45, 2.75) is 20.5 Å². The molecule has 0 atom stereocenters. The minimum atomic E-state index is -0.284. The van der Waals surface area contributed by atoms with E-state index in [0.29, 0.717) is 26.7 Å². The summed E-state index contributed by atoms with van der Waals surface area (Å²) in [4.78, 5) is 12.2. The molecule has 0 spiro atoms. The van der Waals surface area contributed by atoms with Gasteiger partial charge in [-0.1, -0.05) is 41.4 Å². The number of halogens is 3. The number of benzene rings is 3. The highest BCUT2D eigenvalue weighted by molar-refractivity contribution is 9.10. The smallest absolute Gasteiger partial charge is 0.272 e. The topological polar surface area (TPSA) is 50.7 Å². The van der Waals surface area contributed by atoms with Crippen molar-refractivity contribution >= 4 is 51.3 Å². The van der Waals surface area contributed by atoms with Gasteiger partial charge in [0.25, 0.3) is 5.91 Å². The van der Waals surface area contributed by atoms with Crippen molar-refractivity contribution in [3.8, 4) is 5.75 Å². The van der Waals surface area contributed by atoms with Crippen LogP contribution in [-0.2, 0) is 6.61 Å². The SMILES string of the molecule is Cc1cc(/C=N\NC(=O)c2ccccc2Br)cc(C)c1OCc1ccc(Cl)c(Cl)c1. The number of hydrazone groups is 1. The first kappa shape index (κ1) is 22.3. The molecule has 0 saturated carbocycles. The van der Waals surface area contributed by atoms with E-state index >= 15 is 0 Å². The number of aryl methyl sites for hydroxylation is 2. The highest BCUT2D eigenvalue weighted by atomic mass is 79.9. The molecular formula is C23H19BrCl2N2O2. The molecule has 3 aromatic rings. The third-order valence-corrected chi connectivity index (χ3v) is 5.78. The van der Waals surface area contributed by atoms with E-state index < -0.39 is 0 Å². The molecule has 0 unspecified atom stereocenters. The Morgan fingerprint density at radius 2 is 1.77 bits per heavy atom. The predicted octanol–water partition coefficient (Wildman–Crippen LogP) is 6.72. The summed E-state index contributed by atoms with van der Waals surface area (Å²) in [6.07, 6.45) is 1.61. The number of carbonyl (C=O) groups is 1. The van der Waals surface area contributed by atoms with Crippen LogP contribution >= 0.6 is 39.1 Å². The number of carbonyl (C=O) groups excluding carboxylic acids is 1. The van der Waals surface area contributed by atoms with Crippen molar-refractivity contribution in [3.05, 3.63) is 96.9 Å². The minimum Gasteiger partial charge on any atom is -0.488 e. The summed E-state index contributed by atoms with van der Waals surface area (Å²) in [5.41, 5.74) is 6.79. The van der Waals surface area contributed by atoms with Crippen LogP contribution in [0.3, 0.4) is 0 Å². The Hall–Kier alpha value is -2.34. The molecule has 0 fully saturated rings. The number of ether oxygens (including phenoxy) is 1. The largest absolute Gasteiger partial charge is 0.488 e. The molecule has 0 aliphatic rings. The second-order valence-corrected chi connectivity index (χ2v) is 8.37. The van der Waals surface area contributed by atoms with Crippen molar-refractivity contribution in [1.29, 1.82) is 0 Å². The number of amides is 1. The molecule has 0 aromatic heterocycles. The molecule has 4 nitrogen and oxygen atoms in total. The number of hydrogen-bond donors (Lipinski definition) is 1. The van der Waals surface area contributed by atoms with E-state index in [1.807, 2.05) is 44.2 Å². The van der Waals surface area contributed by atoms with E-state index in [1.54, 1.807) is 30.5 Å². The van der Waals surface area contributed by atoms with Gasteiger partial charge in [0.15, 0.2) is 0 Å². The average Bonchev–Trinajstić information content (AvgIpc) is 2.70. The molecule has 1 N–H and O–H groups in total. The zero-order valence-corrected chi connectivity index (χ0v) is 19.5. The Balaban J connectivity index is 1.66. The van der Waals surface area contributed by atoms with Gasteiger partial charge < -0.3 is 4.74 Å². The fourth-order valence-electron chi connectivity index (χ4n) is 2.94. The minimum absolute atomic E-state index is 0.284. The molecule has 154 valence electrons. The lowest BCUT2D eigenvalue weighted by atomic mass is 10.1. The summed E-state index contributed by atoms with van der Waals surface area (Å²) in [7, 11) is 0. The van der Waals surface area contributed by atoms with Crippen LogP contribution in [0.25, 0.3) is 0 Å². The first-order valence-corrected chi connectivity index (χ1v) is 10.7. The van der Waals surface area contributed by atoms with Crippen LogP contribution < -0.4 is 10.2 Å². The Kier molecular flexibility index (Phi) is 7.53. The fourth-order valence-corrected chi connectivity index (χ4v) is 3.73. The van der Waals surface area contributed by atoms with Gasteiger partial charge in [0.2, 0.25) is 0 Å². The van der Waals surface area contributed by atoms with E-state index in [1.165, 1.54) is 0 Å². The van der Waals surface area contributed by atoms with Crippen LogP contribution in [0.4, 0.5) is 0 Å². The van der Waals surface area contributed by atoms with Gasteiger partial charge in [-0.25, -0.2) is 5.43 Å². The lowest BCUT2D eigenvalue weighted by Crippen LogP contribution is -2.18. The third-order valence-electron chi connectivity index (χ3n) is 4.35. The van der Waals surface area contributed by atoms with Crippen molar-refractivity contribution in [2.24, 2.45) is 5.10 Å². The normalized spacial score (nSPS) is 11.0. The maximum atomic E-state index is 12.2. The van der Waals surface area contributed by atoms with E-state index in [0.717, 1.165) is 28.0 Å². The van der Waals surface area contributed by atoms with Gasteiger partial charge in [0.05, 0.1) is 21.8 Å². The van der Waals surface area contributed by atoms with Crippen LogP contribution in [0, 0.1) is 13.8 Å². The van der Waals surface area contributed by atoms with Crippen LogP contribution in [0.1, 0.15) is 32.6 Å². The second kappa shape index (κ2) is 10.1. The summed E-state index contributed by atoms with van der Waals surface area (Å²) in [5.74, 6) is 0.518.